The molecular formula is C28H40O4S. The third-order valence-corrected chi connectivity index (χ3v) is 8.75. The van der Waals surface area contributed by atoms with Gasteiger partial charge in [-0.1, -0.05) is 60.4 Å². The average molecular weight is 473 g/mol. The SMILES string of the molecule is COC(C=C(C)CC=O)C=C(C)CC(C1=C(C)CCCC1(C)C)S(=O)(=O)c1ccc(C)cc1. The molecule has 1 aromatic rings. The molecule has 1 aliphatic carbocycles. The molecule has 0 radical (unpaired) electrons. The number of aryl methyl sites for hydroxylation is 1. The van der Waals surface area contributed by atoms with Gasteiger partial charge in [-0.15, -0.1) is 0 Å². The Bertz CT molecular complexity index is 1020. The van der Waals surface area contributed by atoms with Crippen molar-refractivity contribution in [3.8, 4) is 0 Å². The molecule has 1 aliphatic rings. The number of benzene rings is 1. The van der Waals surface area contributed by atoms with Crippen LogP contribution >= 0.6 is 0 Å². The molecule has 0 saturated heterocycles. The smallest absolute Gasteiger partial charge is 0.185 e. The lowest BCUT2D eigenvalue weighted by Gasteiger charge is -2.39. The predicted molar refractivity (Wildman–Crippen MR) is 136 cm³/mol. The van der Waals surface area contributed by atoms with Gasteiger partial charge in [-0.05, 0) is 76.5 Å². The van der Waals surface area contributed by atoms with Crippen molar-refractivity contribution in [1.29, 1.82) is 0 Å². The Morgan fingerprint density at radius 1 is 1.09 bits per heavy atom. The highest BCUT2D eigenvalue weighted by molar-refractivity contribution is 7.92. The summed E-state index contributed by atoms with van der Waals surface area (Å²) >= 11 is 0. The maximum atomic E-state index is 14.0. The van der Waals surface area contributed by atoms with Gasteiger partial charge in [-0.25, -0.2) is 8.42 Å². The topological polar surface area (TPSA) is 60.4 Å². The first-order valence-electron chi connectivity index (χ1n) is 11.7. The molecule has 0 fully saturated rings. The van der Waals surface area contributed by atoms with Crippen LogP contribution in [0.1, 0.15) is 72.3 Å². The van der Waals surface area contributed by atoms with E-state index in [9.17, 15) is 13.2 Å². The van der Waals surface area contributed by atoms with Crippen LogP contribution in [0.25, 0.3) is 0 Å². The Hall–Kier alpha value is -1.98. The Morgan fingerprint density at radius 3 is 2.24 bits per heavy atom. The van der Waals surface area contributed by atoms with Gasteiger partial charge in [0.2, 0.25) is 0 Å². The fraction of sp³-hybridized carbons (Fsp3) is 0.536. The van der Waals surface area contributed by atoms with E-state index in [0.717, 1.165) is 47.8 Å². The molecule has 0 saturated carbocycles. The maximum Gasteiger partial charge on any atom is 0.185 e. The summed E-state index contributed by atoms with van der Waals surface area (Å²) in [5.41, 5.74) is 5.01. The molecule has 2 rings (SSSR count). The van der Waals surface area contributed by atoms with Crippen LogP contribution in [0.15, 0.2) is 63.6 Å². The van der Waals surface area contributed by atoms with Gasteiger partial charge in [0, 0.05) is 13.5 Å². The number of aldehydes is 1. The lowest BCUT2D eigenvalue weighted by atomic mass is 9.70. The molecule has 0 aromatic heterocycles. The van der Waals surface area contributed by atoms with Gasteiger partial charge in [0.05, 0.1) is 16.2 Å². The second kappa shape index (κ2) is 11.4. The molecule has 5 heteroatoms. The zero-order valence-electron chi connectivity index (χ0n) is 21.3. The van der Waals surface area contributed by atoms with E-state index >= 15 is 0 Å². The number of carbonyl (C=O) groups is 1. The van der Waals surface area contributed by atoms with Crippen LogP contribution in [-0.2, 0) is 19.4 Å². The summed E-state index contributed by atoms with van der Waals surface area (Å²) in [5.74, 6) is 0. The Morgan fingerprint density at radius 2 is 1.70 bits per heavy atom. The lowest BCUT2D eigenvalue weighted by molar-refractivity contribution is -0.107. The largest absolute Gasteiger partial charge is 0.373 e. The summed E-state index contributed by atoms with van der Waals surface area (Å²) in [6.45, 7) is 12.3. The van der Waals surface area contributed by atoms with Gasteiger partial charge in [0.25, 0.3) is 0 Å². The third-order valence-electron chi connectivity index (χ3n) is 6.67. The van der Waals surface area contributed by atoms with Crippen molar-refractivity contribution in [2.45, 2.75) is 89.9 Å². The fourth-order valence-corrected chi connectivity index (χ4v) is 7.07. The number of allylic oxidation sites excluding steroid dienone is 3. The van der Waals surface area contributed by atoms with Gasteiger partial charge in [-0.2, -0.15) is 0 Å². The van der Waals surface area contributed by atoms with E-state index in [-0.39, 0.29) is 11.5 Å². The van der Waals surface area contributed by atoms with E-state index in [0.29, 0.717) is 17.7 Å². The maximum absolute atomic E-state index is 14.0. The normalized spacial score (nSPS) is 19.4. The van der Waals surface area contributed by atoms with Crippen molar-refractivity contribution < 1.29 is 17.9 Å². The summed E-state index contributed by atoms with van der Waals surface area (Å²) in [6, 6.07) is 7.18. The highest BCUT2D eigenvalue weighted by atomic mass is 32.2. The van der Waals surface area contributed by atoms with E-state index in [4.69, 9.17) is 4.74 Å². The van der Waals surface area contributed by atoms with E-state index in [1.165, 1.54) is 5.57 Å². The molecule has 182 valence electrons. The lowest BCUT2D eigenvalue weighted by Crippen LogP contribution is -2.35. The predicted octanol–water partition coefficient (Wildman–Crippen LogP) is 6.55. The van der Waals surface area contributed by atoms with Gasteiger partial charge in [0.15, 0.2) is 9.84 Å². The van der Waals surface area contributed by atoms with Crippen LogP contribution in [0.2, 0.25) is 0 Å². The number of ether oxygens (including phenoxy) is 1. The van der Waals surface area contributed by atoms with E-state index < -0.39 is 15.1 Å². The summed E-state index contributed by atoms with van der Waals surface area (Å²) in [6.07, 6.45) is 8.23. The number of hydrogen-bond acceptors (Lipinski definition) is 4. The summed E-state index contributed by atoms with van der Waals surface area (Å²) in [7, 11) is -1.97. The molecule has 0 spiro atoms. The number of methoxy groups -OCH3 is 1. The number of sulfone groups is 1. The number of rotatable bonds is 10. The summed E-state index contributed by atoms with van der Waals surface area (Å²) < 4.78 is 33.6. The first-order valence-corrected chi connectivity index (χ1v) is 13.3. The molecule has 0 aliphatic heterocycles. The minimum atomic E-state index is -3.59. The third kappa shape index (κ3) is 7.00. The van der Waals surface area contributed by atoms with Crippen LogP contribution in [0, 0.1) is 12.3 Å². The molecule has 0 N–H and O–H groups in total. The quantitative estimate of drug-likeness (QED) is 0.286. The average Bonchev–Trinajstić information content (AvgIpc) is 2.72. The van der Waals surface area contributed by atoms with Crippen LogP contribution in [0.4, 0.5) is 0 Å². The minimum absolute atomic E-state index is 0.174. The number of carbonyl (C=O) groups excluding carboxylic acids is 1. The minimum Gasteiger partial charge on any atom is -0.373 e. The van der Waals surface area contributed by atoms with Gasteiger partial charge in [-0.3, -0.25) is 0 Å². The molecule has 4 nitrogen and oxygen atoms in total. The molecule has 1 aromatic carbocycles. The second-order valence-corrected chi connectivity index (χ2v) is 12.2. The summed E-state index contributed by atoms with van der Waals surface area (Å²) in [5, 5.41) is -0.621. The highest BCUT2D eigenvalue weighted by Crippen LogP contribution is 2.46. The van der Waals surface area contributed by atoms with Crippen LogP contribution in [0.5, 0.6) is 0 Å². The van der Waals surface area contributed by atoms with Gasteiger partial charge >= 0.3 is 0 Å². The van der Waals surface area contributed by atoms with E-state index in [1.54, 1.807) is 19.2 Å². The molecule has 33 heavy (non-hydrogen) atoms. The second-order valence-electron chi connectivity index (χ2n) is 10.1. The van der Waals surface area contributed by atoms with Crippen molar-refractivity contribution in [3.63, 3.8) is 0 Å². The Kier molecular flexibility index (Phi) is 9.45. The fourth-order valence-electron chi connectivity index (χ4n) is 4.92. The van der Waals surface area contributed by atoms with E-state index in [1.807, 2.05) is 45.1 Å². The molecule has 0 bridgehead atoms. The van der Waals surface area contributed by atoms with E-state index in [2.05, 4.69) is 20.8 Å². The standard InChI is InChI=1S/C28H40O4S/c1-20-10-12-25(13-11-20)33(30,31)26(27-23(4)9-8-15-28(27,5)6)19-22(3)18-24(32-7)17-21(2)14-16-29/h10-13,16-18,24,26H,8-9,14-15,19H2,1-7H3. The first-order chi connectivity index (χ1) is 15.4. The molecule has 0 heterocycles. The van der Waals surface area contributed by atoms with Crippen molar-refractivity contribution in [2.24, 2.45) is 5.41 Å². The van der Waals surface area contributed by atoms with Crippen molar-refractivity contribution in [2.75, 3.05) is 7.11 Å². The zero-order valence-corrected chi connectivity index (χ0v) is 22.1. The molecular weight excluding hydrogens is 432 g/mol. The highest BCUT2D eigenvalue weighted by Gasteiger charge is 2.40. The Balaban J connectivity index is 2.55. The van der Waals surface area contributed by atoms with Crippen molar-refractivity contribution in [3.05, 3.63) is 64.3 Å². The molecule has 2 unspecified atom stereocenters. The first kappa shape index (κ1) is 27.3. The van der Waals surface area contributed by atoms with Crippen LogP contribution < -0.4 is 0 Å². The monoisotopic (exact) mass is 472 g/mol. The number of hydrogen-bond donors (Lipinski definition) is 0. The van der Waals surface area contributed by atoms with Crippen molar-refractivity contribution >= 4 is 16.1 Å². The summed E-state index contributed by atoms with van der Waals surface area (Å²) in [4.78, 5) is 11.2. The van der Waals surface area contributed by atoms with Crippen molar-refractivity contribution in [1.82, 2.24) is 0 Å². The van der Waals surface area contributed by atoms with Crippen LogP contribution in [-0.4, -0.2) is 33.2 Å². The molecule has 0 amide bonds. The zero-order chi connectivity index (χ0) is 24.8. The van der Waals surface area contributed by atoms with Gasteiger partial charge < -0.3 is 9.53 Å². The van der Waals surface area contributed by atoms with Crippen LogP contribution in [0.3, 0.4) is 0 Å². The molecule has 2 atom stereocenters. The van der Waals surface area contributed by atoms with Gasteiger partial charge in [0.1, 0.15) is 6.29 Å². The Labute approximate surface area is 200 Å².